The van der Waals surface area contributed by atoms with Crippen LogP contribution in [-0.4, -0.2) is 5.11 Å². The number of hydrogen-bond donors (Lipinski definition) is 1. The van der Waals surface area contributed by atoms with Crippen molar-refractivity contribution in [3.63, 3.8) is 0 Å². The van der Waals surface area contributed by atoms with Crippen molar-refractivity contribution in [1.82, 2.24) is 0 Å². The topological polar surface area (TPSA) is 20.2 Å². The summed E-state index contributed by atoms with van der Waals surface area (Å²) in [5, 5.41) is 10.7. The van der Waals surface area contributed by atoms with Crippen molar-refractivity contribution in [1.29, 1.82) is 0 Å². The van der Waals surface area contributed by atoms with Crippen LogP contribution in [0.25, 0.3) is 0 Å². The molecular weight excluding hydrogens is 293 g/mol. The van der Waals surface area contributed by atoms with Gasteiger partial charge in [-0.2, -0.15) is 0 Å². The van der Waals surface area contributed by atoms with Gasteiger partial charge in [0.25, 0.3) is 0 Å². The molecule has 0 heterocycles. The molecule has 2 aromatic rings. The Bertz CT molecular complexity index is 561. The molecule has 0 radical (unpaired) electrons. The first-order valence-corrected chi connectivity index (χ1v) is 6.31. The minimum atomic E-state index is -1.35. The van der Waals surface area contributed by atoms with E-state index < -0.39 is 17.7 Å². The monoisotopic (exact) mass is 302 g/mol. The molecule has 1 N–H and O–H groups in total. The van der Waals surface area contributed by atoms with Crippen molar-refractivity contribution in [2.75, 3.05) is 0 Å². The highest BCUT2D eigenvalue weighted by Crippen LogP contribution is 2.31. The Morgan fingerprint density at radius 1 is 0.947 bits per heavy atom. The molecule has 0 spiro atoms. The molecule has 0 amide bonds. The summed E-state index contributed by atoms with van der Waals surface area (Å²) in [6, 6.07) is 8.29. The minimum Gasteiger partial charge on any atom is -0.388 e. The maximum absolute atomic E-state index is 13.5. The first-order valence-electron chi connectivity index (χ1n) is 5.55. The lowest BCUT2D eigenvalue weighted by atomic mass is 10.0. The fraction of sp³-hybridized carbons (Fsp3) is 0.143. The quantitative estimate of drug-likeness (QED) is 0.882. The smallest absolute Gasteiger partial charge is 0.131 e. The largest absolute Gasteiger partial charge is 0.388 e. The summed E-state index contributed by atoms with van der Waals surface area (Å²) in [7, 11) is 0. The molecule has 0 bridgehead atoms. The van der Waals surface area contributed by atoms with E-state index in [1.807, 2.05) is 0 Å². The van der Waals surface area contributed by atoms with Gasteiger partial charge in [-0.3, -0.25) is 0 Å². The van der Waals surface area contributed by atoms with Crippen molar-refractivity contribution in [3.8, 4) is 0 Å². The van der Waals surface area contributed by atoms with Gasteiger partial charge in [0.1, 0.15) is 11.6 Å². The summed E-state index contributed by atoms with van der Waals surface area (Å²) in [4.78, 5) is 0. The van der Waals surface area contributed by atoms with Crippen LogP contribution in [0.1, 0.15) is 17.2 Å². The van der Waals surface area contributed by atoms with Crippen LogP contribution in [0.2, 0.25) is 10.0 Å². The number of aliphatic hydroxyl groups excluding tert-OH is 1. The molecule has 1 unspecified atom stereocenters. The molecule has 0 aliphatic rings. The van der Waals surface area contributed by atoms with Gasteiger partial charge >= 0.3 is 0 Å². The molecule has 2 aromatic carbocycles. The van der Waals surface area contributed by atoms with E-state index in [9.17, 15) is 13.9 Å². The first-order chi connectivity index (χ1) is 9.00. The predicted octanol–water partition coefficient (Wildman–Crippen LogP) is 4.55. The first kappa shape index (κ1) is 14.3. The zero-order valence-corrected chi connectivity index (χ0v) is 11.2. The van der Waals surface area contributed by atoms with E-state index in [0.717, 1.165) is 12.1 Å². The lowest BCUT2D eigenvalue weighted by molar-refractivity contribution is 0.168. The number of benzene rings is 2. The van der Waals surface area contributed by atoms with Gasteiger partial charge in [-0.25, -0.2) is 8.78 Å². The molecule has 100 valence electrons. The maximum atomic E-state index is 13.5. The lowest BCUT2D eigenvalue weighted by Crippen LogP contribution is -2.08. The minimum absolute atomic E-state index is 0.0592. The van der Waals surface area contributed by atoms with Gasteiger partial charge in [0.2, 0.25) is 0 Å². The highest BCUT2D eigenvalue weighted by atomic mass is 35.5. The highest BCUT2D eigenvalue weighted by Gasteiger charge is 2.20. The van der Waals surface area contributed by atoms with E-state index in [1.165, 1.54) is 6.07 Å². The molecule has 1 atom stereocenters. The van der Waals surface area contributed by atoms with Crippen LogP contribution >= 0.6 is 23.2 Å². The van der Waals surface area contributed by atoms with Crippen LogP contribution in [0, 0.1) is 11.6 Å². The second-order valence-corrected chi connectivity index (χ2v) is 4.87. The molecule has 5 heteroatoms. The van der Waals surface area contributed by atoms with E-state index in [2.05, 4.69) is 0 Å². The summed E-state index contributed by atoms with van der Waals surface area (Å²) < 4.78 is 27.1. The molecular formula is C14H10Cl2F2O. The van der Waals surface area contributed by atoms with Crippen LogP contribution < -0.4 is 0 Å². The van der Waals surface area contributed by atoms with E-state index in [4.69, 9.17) is 23.2 Å². The van der Waals surface area contributed by atoms with Crippen LogP contribution in [0.15, 0.2) is 36.4 Å². The van der Waals surface area contributed by atoms with E-state index in [0.29, 0.717) is 15.6 Å². The van der Waals surface area contributed by atoms with Crippen molar-refractivity contribution in [3.05, 3.63) is 69.2 Å². The lowest BCUT2D eigenvalue weighted by Gasteiger charge is -2.14. The van der Waals surface area contributed by atoms with Crippen molar-refractivity contribution in [2.24, 2.45) is 0 Å². The predicted molar refractivity (Wildman–Crippen MR) is 71.5 cm³/mol. The van der Waals surface area contributed by atoms with Gasteiger partial charge in [-0.1, -0.05) is 35.3 Å². The van der Waals surface area contributed by atoms with Gasteiger partial charge in [0, 0.05) is 16.5 Å². The molecule has 0 fully saturated rings. The Morgan fingerprint density at radius 3 is 1.95 bits per heavy atom. The van der Waals surface area contributed by atoms with Crippen molar-refractivity contribution in [2.45, 2.75) is 12.5 Å². The fourth-order valence-electron chi connectivity index (χ4n) is 1.85. The van der Waals surface area contributed by atoms with E-state index in [1.54, 1.807) is 18.2 Å². The Kier molecular flexibility index (Phi) is 4.40. The second-order valence-electron chi connectivity index (χ2n) is 4.06. The van der Waals surface area contributed by atoms with E-state index >= 15 is 0 Å². The summed E-state index contributed by atoms with van der Waals surface area (Å²) in [6.07, 6.45) is -1.41. The van der Waals surface area contributed by atoms with Gasteiger partial charge in [0.15, 0.2) is 0 Å². The van der Waals surface area contributed by atoms with Gasteiger partial charge < -0.3 is 5.11 Å². The van der Waals surface area contributed by atoms with Crippen molar-refractivity contribution < 1.29 is 13.9 Å². The highest BCUT2D eigenvalue weighted by molar-refractivity contribution is 6.35. The Morgan fingerprint density at radius 2 is 1.42 bits per heavy atom. The molecule has 0 aromatic heterocycles. The van der Waals surface area contributed by atoms with Crippen LogP contribution in [0.3, 0.4) is 0 Å². The molecule has 0 aliphatic heterocycles. The molecule has 0 saturated carbocycles. The van der Waals surface area contributed by atoms with Gasteiger partial charge in [-0.15, -0.1) is 0 Å². The zero-order valence-electron chi connectivity index (χ0n) is 9.71. The van der Waals surface area contributed by atoms with Crippen LogP contribution in [-0.2, 0) is 6.42 Å². The SMILES string of the molecule is OC(Cc1c(Cl)cccc1Cl)c1c(F)cccc1F. The number of rotatable bonds is 3. The summed E-state index contributed by atoms with van der Waals surface area (Å²) in [5.74, 6) is -1.59. The summed E-state index contributed by atoms with van der Waals surface area (Å²) in [6.45, 7) is 0. The third-order valence-electron chi connectivity index (χ3n) is 2.79. The molecule has 0 saturated heterocycles. The average molecular weight is 303 g/mol. The second kappa shape index (κ2) is 5.87. The average Bonchev–Trinajstić information content (AvgIpc) is 2.34. The van der Waals surface area contributed by atoms with Gasteiger partial charge in [0.05, 0.1) is 11.7 Å². The normalized spacial score (nSPS) is 12.5. The Balaban J connectivity index is 2.34. The zero-order chi connectivity index (χ0) is 14.0. The van der Waals surface area contributed by atoms with Crippen LogP contribution in [0.5, 0.6) is 0 Å². The van der Waals surface area contributed by atoms with E-state index in [-0.39, 0.29) is 12.0 Å². The van der Waals surface area contributed by atoms with Gasteiger partial charge in [-0.05, 0) is 29.8 Å². The standard InChI is InChI=1S/C14H10Cl2F2O/c15-9-3-1-4-10(16)8(9)7-13(19)14-11(17)5-2-6-12(14)18/h1-6,13,19H,7H2. The molecule has 2 rings (SSSR count). The number of aliphatic hydroxyl groups is 1. The summed E-state index contributed by atoms with van der Waals surface area (Å²) >= 11 is 11.9. The third kappa shape index (κ3) is 3.06. The molecule has 1 nitrogen and oxygen atoms in total. The Hall–Kier alpha value is -1.16. The number of hydrogen-bond acceptors (Lipinski definition) is 1. The molecule has 19 heavy (non-hydrogen) atoms. The third-order valence-corrected chi connectivity index (χ3v) is 3.50. The van der Waals surface area contributed by atoms with Crippen molar-refractivity contribution >= 4 is 23.2 Å². The Labute approximate surface area is 119 Å². The summed E-state index contributed by atoms with van der Waals surface area (Å²) in [5.41, 5.74) is 0.0828. The maximum Gasteiger partial charge on any atom is 0.131 e. The van der Waals surface area contributed by atoms with Crippen LogP contribution in [0.4, 0.5) is 8.78 Å². The molecule has 0 aliphatic carbocycles. The number of halogens is 4. The fourth-order valence-corrected chi connectivity index (χ4v) is 2.40.